The molecule has 1 amide bonds. The summed E-state index contributed by atoms with van der Waals surface area (Å²) in [5.74, 6) is -1.12. The summed E-state index contributed by atoms with van der Waals surface area (Å²) < 4.78 is 0. The van der Waals surface area contributed by atoms with Crippen LogP contribution in [-0.4, -0.2) is 28.2 Å². The number of thiophene rings is 1. The number of benzene rings is 1. The number of unbranched alkanes of at least 4 members (excludes halogenated alkanes) is 2. The fourth-order valence-corrected chi connectivity index (χ4v) is 4.15. The van der Waals surface area contributed by atoms with Crippen LogP contribution in [0.2, 0.25) is 0 Å². The van der Waals surface area contributed by atoms with Crippen molar-refractivity contribution < 1.29 is 14.7 Å². The summed E-state index contributed by atoms with van der Waals surface area (Å²) in [7, 11) is 0. The second kappa shape index (κ2) is 8.53. The van der Waals surface area contributed by atoms with Gasteiger partial charge in [-0.15, -0.1) is 11.3 Å². The van der Waals surface area contributed by atoms with Gasteiger partial charge in [-0.2, -0.15) is 0 Å². The van der Waals surface area contributed by atoms with Gasteiger partial charge in [-0.05, 0) is 35.4 Å². The minimum atomic E-state index is -0.533. The first-order valence-corrected chi connectivity index (χ1v) is 10.4. The zero-order valence-electron chi connectivity index (χ0n) is 15.8. The molecule has 3 rings (SSSR count). The Labute approximate surface area is 164 Å². The average Bonchev–Trinajstić information content (AvgIpc) is 3.31. The lowest BCUT2D eigenvalue weighted by atomic mass is 9.94. The van der Waals surface area contributed by atoms with Crippen LogP contribution in [0.1, 0.15) is 60.0 Å². The molecule has 1 atom stereocenters. The second-order valence-corrected chi connectivity index (χ2v) is 7.72. The minimum Gasteiger partial charge on any atom is -0.503 e. The molecule has 0 radical (unpaired) electrons. The molecule has 0 spiro atoms. The Morgan fingerprint density at radius 1 is 1.15 bits per heavy atom. The van der Waals surface area contributed by atoms with Crippen LogP contribution in [0.4, 0.5) is 0 Å². The molecule has 1 N–H and O–H groups in total. The Kier molecular flexibility index (Phi) is 6.11. The molecule has 1 aromatic heterocycles. The number of aliphatic hydroxyl groups excluding tert-OH is 1. The number of carbonyl (C=O) groups is 2. The predicted molar refractivity (Wildman–Crippen MR) is 108 cm³/mol. The van der Waals surface area contributed by atoms with Crippen LogP contribution in [-0.2, 0) is 11.2 Å². The highest BCUT2D eigenvalue weighted by molar-refractivity contribution is 7.12. The lowest BCUT2D eigenvalue weighted by Gasteiger charge is -2.27. The monoisotopic (exact) mass is 383 g/mol. The molecule has 0 aliphatic carbocycles. The van der Waals surface area contributed by atoms with Crippen molar-refractivity contribution in [3.63, 3.8) is 0 Å². The Bertz CT molecular complexity index is 837. The maximum Gasteiger partial charge on any atom is 0.290 e. The predicted octanol–water partition coefficient (Wildman–Crippen LogP) is 5.08. The second-order valence-electron chi connectivity index (χ2n) is 6.77. The van der Waals surface area contributed by atoms with Gasteiger partial charge >= 0.3 is 0 Å². The van der Waals surface area contributed by atoms with Crippen LogP contribution in [0, 0.1) is 0 Å². The largest absolute Gasteiger partial charge is 0.503 e. The van der Waals surface area contributed by atoms with E-state index in [1.165, 1.54) is 16.9 Å². The van der Waals surface area contributed by atoms with Crippen LogP contribution < -0.4 is 0 Å². The van der Waals surface area contributed by atoms with E-state index in [-0.39, 0.29) is 11.4 Å². The number of Topliss-reactive ketones (excluding diaryl/α,β-unsaturated/α-hetero) is 1. The van der Waals surface area contributed by atoms with E-state index in [0.717, 1.165) is 31.2 Å². The summed E-state index contributed by atoms with van der Waals surface area (Å²) in [4.78, 5) is 28.0. The van der Waals surface area contributed by atoms with Crippen LogP contribution in [0.25, 0.3) is 0 Å². The zero-order valence-corrected chi connectivity index (χ0v) is 16.6. The molecule has 1 aliphatic heterocycles. The first-order valence-electron chi connectivity index (χ1n) is 9.49. The van der Waals surface area contributed by atoms with Crippen molar-refractivity contribution in [3.8, 4) is 0 Å². The summed E-state index contributed by atoms with van der Waals surface area (Å²) >= 11 is 1.32. The van der Waals surface area contributed by atoms with Crippen molar-refractivity contribution in [2.24, 2.45) is 0 Å². The summed E-state index contributed by atoms with van der Waals surface area (Å²) in [5.41, 5.74) is 2.25. The third-order valence-corrected chi connectivity index (χ3v) is 5.87. The van der Waals surface area contributed by atoms with Gasteiger partial charge in [0.2, 0.25) is 5.78 Å². The van der Waals surface area contributed by atoms with Crippen LogP contribution in [0.3, 0.4) is 0 Å². The number of carbonyl (C=O) groups excluding carboxylic acids is 2. The molecular weight excluding hydrogens is 358 g/mol. The van der Waals surface area contributed by atoms with Gasteiger partial charge in [0.15, 0.2) is 5.76 Å². The number of aliphatic hydroxyl groups is 1. The van der Waals surface area contributed by atoms with E-state index in [0.29, 0.717) is 11.4 Å². The van der Waals surface area contributed by atoms with Gasteiger partial charge in [0.05, 0.1) is 16.5 Å². The molecule has 5 heteroatoms. The van der Waals surface area contributed by atoms with E-state index >= 15 is 0 Å². The summed E-state index contributed by atoms with van der Waals surface area (Å²) in [6.07, 6.45) is 3.81. The van der Waals surface area contributed by atoms with E-state index < -0.39 is 17.7 Å². The summed E-state index contributed by atoms with van der Waals surface area (Å²) in [6.45, 7) is 4.72. The minimum absolute atomic E-state index is 0.197. The number of hydrogen-bond donors (Lipinski definition) is 1. The van der Waals surface area contributed by atoms with Crippen molar-refractivity contribution >= 4 is 23.0 Å². The van der Waals surface area contributed by atoms with Gasteiger partial charge in [0.25, 0.3) is 5.91 Å². The van der Waals surface area contributed by atoms with Crippen molar-refractivity contribution in [2.75, 3.05) is 6.54 Å². The molecule has 1 unspecified atom stereocenters. The SMILES string of the molecule is CCCCCN1C(=O)C(O)=C(C(=O)c2cccs2)C1c1ccc(CC)cc1. The van der Waals surface area contributed by atoms with E-state index in [9.17, 15) is 14.7 Å². The van der Waals surface area contributed by atoms with E-state index in [1.807, 2.05) is 29.6 Å². The number of aryl methyl sites for hydroxylation is 1. The van der Waals surface area contributed by atoms with E-state index in [4.69, 9.17) is 0 Å². The normalized spacial score (nSPS) is 17.0. The van der Waals surface area contributed by atoms with Gasteiger partial charge in [-0.3, -0.25) is 9.59 Å². The highest BCUT2D eigenvalue weighted by Crippen LogP contribution is 2.39. The molecule has 2 aromatic rings. The third-order valence-electron chi connectivity index (χ3n) is 5.00. The lowest BCUT2D eigenvalue weighted by Crippen LogP contribution is -2.32. The van der Waals surface area contributed by atoms with Gasteiger partial charge in [0.1, 0.15) is 0 Å². The molecule has 0 saturated carbocycles. The molecule has 142 valence electrons. The molecule has 2 heterocycles. The smallest absolute Gasteiger partial charge is 0.290 e. The summed E-state index contributed by atoms with van der Waals surface area (Å²) in [5, 5.41) is 12.4. The lowest BCUT2D eigenvalue weighted by molar-refractivity contribution is -0.129. The van der Waals surface area contributed by atoms with E-state index in [2.05, 4.69) is 13.8 Å². The van der Waals surface area contributed by atoms with Crippen LogP contribution in [0.15, 0.2) is 53.1 Å². The zero-order chi connectivity index (χ0) is 19.4. The number of hydrogen-bond acceptors (Lipinski definition) is 4. The van der Waals surface area contributed by atoms with Crippen LogP contribution in [0.5, 0.6) is 0 Å². The van der Waals surface area contributed by atoms with Crippen molar-refractivity contribution in [1.82, 2.24) is 4.90 Å². The molecule has 4 nitrogen and oxygen atoms in total. The maximum atomic E-state index is 13.1. The van der Waals surface area contributed by atoms with E-state index in [1.54, 1.807) is 17.0 Å². The number of rotatable bonds is 8. The molecule has 0 fully saturated rings. The van der Waals surface area contributed by atoms with Crippen LogP contribution >= 0.6 is 11.3 Å². The Balaban J connectivity index is 2.01. The third kappa shape index (κ3) is 3.83. The Morgan fingerprint density at radius 3 is 2.48 bits per heavy atom. The average molecular weight is 384 g/mol. The maximum absolute atomic E-state index is 13.1. The van der Waals surface area contributed by atoms with Crippen molar-refractivity contribution in [2.45, 2.75) is 45.6 Å². The number of ketones is 1. The van der Waals surface area contributed by atoms with Gasteiger partial charge in [0, 0.05) is 6.54 Å². The highest BCUT2D eigenvalue weighted by Gasteiger charge is 2.43. The van der Waals surface area contributed by atoms with Gasteiger partial charge < -0.3 is 10.0 Å². The topological polar surface area (TPSA) is 57.6 Å². The Morgan fingerprint density at radius 2 is 1.89 bits per heavy atom. The molecule has 1 aliphatic rings. The molecule has 27 heavy (non-hydrogen) atoms. The standard InChI is InChI=1S/C22H25NO3S/c1-3-5-6-13-23-19(16-11-9-15(4-2)10-12-16)18(21(25)22(23)26)20(24)17-8-7-14-27-17/h7-12,14,19,25H,3-6,13H2,1-2H3. The Hall–Kier alpha value is -2.40. The highest BCUT2D eigenvalue weighted by atomic mass is 32.1. The number of amides is 1. The quantitative estimate of drug-likeness (QED) is 0.511. The number of nitrogens with zero attached hydrogens (tertiary/aromatic N) is 1. The fourth-order valence-electron chi connectivity index (χ4n) is 3.47. The fraction of sp³-hybridized carbons (Fsp3) is 0.364. The first-order chi connectivity index (χ1) is 13.1. The molecule has 0 saturated heterocycles. The van der Waals surface area contributed by atoms with Crippen molar-refractivity contribution in [3.05, 3.63) is 69.1 Å². The molecular formula is C22H25NO3S. The van der Waals surface area contributed by atoms with Gasteiger partial charge in [-0.25, -0.2) is 0 Å². The molecule has 0 bridgehead atoms. The molecule has 1 aromatic carbocycles. The van der Waals surface area contributed by atoms with Gasteiger partial charge in [-0.1, -0.05) is 57.0 Å². The van der Waals surface area contributed by atoms with Crippen molar-refractivity contribution in [1.29, 1.82) is 0 Å². The summed E-state index contributed by atoms with van der Waals surface area (Å²) in [6, 6.07) is 11.0. The first kappa shape index (κ1) is 19.4.